The van der Waals surface area contributed by atoms with Crippen molar-refractivity contribution in [2.75, 3.05) is 6.54 Å². The van der Waals surface area contributed by atoms with Crippen LogP contribution in [0, 0.1) is 0 Å². The molecule has 1 atom stereocenters. The molecule has 3 heterocycles. The first-order chi connectivity index (χ1) is 11.2. The van der Waals surface area contributed by atoms with Crippen molar-refractivity contribution in [2.45, 2.75) is 32.0 Å². The van der Waals surface area contributed by atoms with Crippen LogP contribution in [0.2, 0.25) is 5.02 Å². The van der Waals surface area contributed by atoms with E-state index in [2.05, 4.69) is 21.6 Å². The molecule has 1 aliphatic heterocycles. The molecule has 2 aromatic heterocycles. The van der Waals surface area contributed by atoms with Crippen molar-refractivity contribution in [1.29, 1.82) is 0 Å². The molecule has 5 nitrogen and oxygen atoms in total. The summed E-state index contributed by atoms with van der Waals surface area (Å²) in [5.41, 5.74) is 2.10. The lowest BCUT2D eigenvalue weighted by atomic mass is 10.2. The standard InChI is InChI=1S/C17H20ClN5/c1-21-16-6-5-13(18)10-15(16)20-17(21)12-22-8-2-4-14(22)11-23-9-3-7-19-23/h3,5-7,9-10,14H,2,4,8,11-12H2,1H3. The van der Waals surface area contributed by atoms with Crippen LogP contribution in [-0.4, -0.2) is 36.8 Å². The number of aromatic nitrogens is 4. The average Bonchev–Trinajstić information content (AvgIpc) is 3.24. The Labute approximate surface area is 140 Å². The van der Waals surface area contributed by atoms with Crippen LogP contribution in [0.3, 0.4) is 0 Å². The van der Waals surface area contributed by atoms with E-state index in [4.69, 9.17) is 16.6 Å². The largest absolute Gasteiger partial charge is 0.330 e. The monoisotopic (exact) mass is 329 g/mol. The summed E-state index contributed by atoms with van der Waals surface area (Å²) in [6, 6.07) is 8.41. The van der Waals surface area contributed by atoms with Crippen LogP contribution < -0.4 is 0 Å². The van der Waals surface area contributed by atoms with E-state index < -0.39 is 0 Å². The van der Waals surface area contributed by atoms with Crippen molar-refractivity contribution in [3.8, 4) is 0 Å². The third-order valence-electron chi connectivity index (χ3n) is 4.74. The van der Waals surface area contributed by atoms with Crippen LogP contribution in [0.25, 0.3) is 11.0 Å². The van der Waals surface area contributed by atoms with Crippen molar-refractivity contribution >= 4 is 22.6 Å². The molecule has 0 saturated carbocycles. The van der Waals surface area contributed by atoms with E-state index in [-0.39, 0.29) is 0 Å². The van der Waals surface area contributed by atoms with Crippen molar-refractivity contribution in [3.63, 3.8) is 0 Å². The number of imidazole rings is 1. The van der Waals surface area contributed by atoms with Gasteiger partial charge >= 0.3 is 0 Å². The summed E-state index contributed by atoms with van der Waals surface area (Å²) in [5, 5.41) is 5.07. The van der Waals surface area contributed by atoms with E-state index in [0.29, 0.717) is 6.04 Å². The van der Waals surface area contributed by atoms with Gasteiger partial charge in [-0.1, -0.05) is 11.6 Å². The van der Waals surface area contributed by atoms with E-state index >= 15 is 0 Å². The first kappa shape index (κ1) is 14.7. The molecule has 1 unspecified atom stereocenters. The number of fused-ring (bicyclic) bond motifs is 1. The van der Waals surface area contributed by atoms with Crippen LogP contribution in [-0.2, 0) is 20.1 Å². The van der Waals surface area contributed by atoms with Gasteiger partial charge in [-0.25, -0.2) is 4.98 Å². The van der Waals surface area contributed by atoms with E-state index in [9.17, 15) is 0 Å². The number of rotatable bonds is 4. The maximum absolute atomic E-state index is 6.08. The summed E-state index contributed by atoms with van der Waals surface area (Å²) in [7, 11) is 2.08. The smallest absolute Gasteiger partial charge is 0.123 e. The van der Waals surface area contributed by atoms with Gasteiger partial charge in [-0.2, -0.15) is 5.10 Å². The quantitative estimate of drug-likeness (QED) is 0.738. The lowest BCUT2D eigenvalue weighted by molar-refractivity contribution is 0.213. The fraction of sp³-hybridized carbons (Fsp3) is 0.412. The SMILES string of the molecule is Cn1c(CN2CCCC2Cn2cccn2)nc2cc(Cl)ccc21. The second-order valence-electron chi connectivity index (χ2n) is 6.21. The van der Waals surface area contributed by atoms with Gasteiger partial charge in [0.05, 0.1) is 24.1 Å². The van der Waals surface area contributed by atoms with Gasteiger partial charge in [-0.15, -0.1) is 0 Å². The molecular weight excluding hydrogens is 310 g/mol. The summed E-state index contributed by atoms with van der Waals surface area (Å²) in [6.45, 7) is 2.94. The molecule has 1 saturated heterocycles. The second kappa shape index (κ2) is 5.98. The molecule has 6 heteroatoms. The summed E-state index contributed by atoms with van der Waals surface area (Å²) in [5.74, 6) is 1.09. The van der Waals surface area contributed by atoms with Crippen LogP contribution in [0.1, 0.15) is 18.7 Å². The molecule has 0 bridgehead atoms. The molecule has 1 aromatic carbocycles. The van der Waals surface area contributed by atoms with E-state index in [1.807, 2.05) is 41.3 Å². The predicted octanol–water partition coefficient (Wildman–Crippen LogP) is 3.09. The number of benzene rings is 1. The van der Waals surface area contributed by atoms with Crippen LogP contribution in [0.5, 0.6) is 0 Å². The molecule has 3 aromatic rings. The Hall–Kier alpha value is -1.85. The Morgan fingerprint density at radius 3 is 3.09 bits per heavy atom. The maximum Gasteiger partial charge on any atom is 0.123 e. The number of aryl methyl sites for hydroxylation is 1. The van der Waals surface area contributed by atoms with Crippen LogP contribution in [0.15, 0.2) is 36.7 Å². The lowest BCUT2D eigenvalue weighted by Crippen LogP contribution is -2.33. The van der Waals surface area contributed by atoms with Crippen LogP contribution >= 0.6 is 11.6 Å². The molecule has 0 N–H and O–H groups in total. The fourth-order valence-corrected chi connectivity index (χ4v) is 3.65. The Morgan fingerprint density at radius 2 is 2.26 bits per heavy atom. The Morgan fingerprint density at radius 1 is 1.35 bits per heavy atom. The lowest BCUT2D eigenvalue weighted by Gasteiger charge is -2.24. The van der Waals surface area contributed by atoms with E-state index in [1.165, 1.54) is 12.8 Å². The molecular formula is C17H20ClN5. The molecule has 1 fully saturated rings. The molecule has 0 amide bonds. The number of hydrogen-bond acceptors (Lipinski definition) is 3. The Bertz CT molecular complexity index is 808. The predicted molar refractivity (Wildman–Crippen MR) is 91.4 cm³/mol. The zero-order chi connectivity index (χ0) is 15.8. The molecule has 23 heavy (non-hydrogen) atoms. The molecule has 0 radical (unpaired) electrons. The highest BCUT2D eigenvalue weighted by molar-refractivity contribution is 6.31. The minimum absolute atomic E-state index is 0.526. The highest BCUT2D eigenvalue weighted by Crippen LogP contribution is 2.24. The van der Waals surface area contributed by atoms with E-state index in [0.717, 1.165) is 41.5 Å². The van der Waals surface area contributed by atoms with Crippen molar-refractivity contribution in [1.82, 2.24) is 24.2 Å². The van der Waals surface area contributed by atoms with Crippen LogP contribution in [0.4, 0.5) is 0 Å². The molecule has 1 aliphatic rings. The van der Waals surface area contributed by atoms with Gasteiger partial charge in [0, 0.05) is 30.5 Å². The summed E-state index contributed by atoms with van der Waals surface area (Å²) < 4.78 is 4.20. The van der Waals surface area contributed by atoms with Gasteiger partial charge in [0.1, 0.15) is 5.82 Å². The van der Waals surface area contributed by atoms with Crippen molar-refractivity contribution in [3.05, 3.63) is 47.5 Å². The first-order valence-electron chi connectivity index (χ1n) is 8.03. The minimum Gasteiger partial charge on any atom is -0.330 e. The van der Waals surface area contributed by atoms with Gasteiger partial charge in [-0.05, 0) is 43.7 Å². The van der Waals surface area contributed by atoms with Crippen molar-refractivity contribution < 1.29 is 0 Å². The van der Waals surface area contributed by atoms with Crippen molar-refractivity contribution in [2.24, 2.45) is 7.05 Å². The number of nitrogens with zero attached hydrogens (tertiary/aromatic N) is 5. The van der Waals surface area contributed by atoms with Gasteiger partial charge in [0.2, 0.25) is 0 Å². The van der Waals surface area contributed by atoms with Gasteiger partial charge in [0.15, 0.2) is 0 Å². The Kier molecular flexibility index (Phi) is 3.83. The fourth-order valence-electron chi connectivity index (χ4n) is 3.48. The third-order valence-corrected chi connectivity index (χ3v) is 4.97. The maximum atomic E-state index is 6.08. The van der Waals surface area contributed by atoms with Gasteiger partial charge in [-0.3, -0.25) is 9.58 Å². The number of likely N-dealkylation sites (tertiary alicyclic amines) is 1. The Balaban J connectivity index is 1.56. The topological polar surface area (TPSA) is 38.9 Å². The first-order valence-corrected chi connectivity index (χ1v) is 8.41. The molecule has 0 aliphatic carbocycles. The molecule has 4 rings (SSSR count). The normalized spacial score (nSPS) is 19.0. The summed E-state index contributed by atoms with van der Waals surface area (Å²) in [6.07, 6.45) is 6.33. The molecule has 120 valence electrons. The third kappa shape index (κ3) is 2.86. The average molecular weight is 330 g/mol. The number of hydrogen-bond donors (Lipinski definition) is 0. The highest BCUT2D eigenvalue weighted by atomic mass is 35.5. The summed E-state index contributed by atoms with van der Waals surface area (Å²) in [4.78, 5) is 7.30. The summed E-state index contributed by atoms with van der Waals surface area (Å²) >= 11 is 6.08. The second-order valence-corrected chi connectivity index (χ2v) is 6.65. The zero-order valence-electron chi connectivity index (χ0n) is 13.2. The molecule has 0 spiro atoms. The minimum atomic E-state index is 0.526. The highest BCUT2D eigenvalue weighted by Gasteiger charge is 2.26. The van der Waals surface area contributed by atoms with E-state index in [1.54, 1.807) is 0 Å². The number of halogens is 1. The zero-order valence-corrected chi connectivity index (χ0v) is 13.9. The van der Waals surface area contributed by atoms with Gasteiger partial charge in [0.25, 0.3) is 0 Å². The van der Waals surface area contributed by atoms with Gasteiger partial charge < -0.3 is 4.57 Å².